The van der Waals surface area contributed by atoms with Gasteiger partial charge in [0.05, 0.1) is 19.8 Å². The molecule has 0 spiro atoms. The highest BCUT2D eigenvalue weighted by Gasteiger charge is 2.28. The van der Waals surface area contributed by atoms with Gasteiger partial charge in [-0.25, -0.2) is 0 Å². The number of amides is 1. The van der Waals surface area contributed by atoms with E-state index in [1.54, 1.807) is 31.6 Å². The molecule has 0 aliphatic rings. The first-order chi connectivity index (χ1) is 16.6. The molecule has 4 N–H and O–H groups in total. The van der Waals surface area contributed by atoms with Crippen molar-refractivity contribution in [3.05, 3.63) is 114 Å². The van der Waals surface area contributed by atoms with E-state index in [1.165, 1.54) is 0 Å². The van der Waals surface area contributed by atoms with Gasteiger partial charge in [0.1, 0.15) is 5.75 Å². The van der Waals surface area contributed by atoms with Crippen molar-refractivity contribution >= 4 is 11.6 Å². The van der Waals surface area contributed by atoms with Crippen molar-refractivity contribution in [3.8, 4) is 16.9 Å². The summed E-state index contributed by atoms with van der Waals surface area (Å²) in [6, 6.07) is 26.0. The summed E-state index contributed by atoms with van der Waals surface area (Å²) < 4.78 is 5.58. The zero-order chi connectivity index (χ0) is 23.9. The van der Waals surface area contributed by atoms with E-state index < -0.39 is 6.04 Å². The molecule has 1 heterocycles. The van der Waals surface area contributed by atoms with Gasteiger partial charge in [-0.05, 0) is 34.9 Å². The molecule has 6 heteroatoms. The molecule has 0 radical (unpaired) electrons. The summed E-state index contributed by atoms with van der Waals surface area (Å²) in [5, 5.41) is 12.6. The number of pyridine rings is 1. The molecule has 1 aromatic heterocycles. The van der Waals surface area contributed by atoms with Crippen LogP contribution in [-0.4, -0.2) is 29.1 Å². The van der Waals surface area contributed by atoms with Crippen LogP contribution < -0.4 is 15.8 Å². The second kappa shape index (κ2) is 10.7. The Kier molecular flexibility index (Phi) is 7.32. The lowest BCUT2D eigenvalue weighted by atomic mass is 9.85. The maximum absolute atomic E-state index is 13.2. The van der Waals surface area contributed by atoms with Gasteiger partial charge in [-0.2, -0.15) is 0 Å². The molecule has 4 rings (SSSR count). The summed E-state index contributed by atoms with van der Waals surface area (Å²) in [6.45, 7) is -0.139. The first-order valence-electron chi connectivity index (χ1n) is 11.0. The van der Waals surface area contributed by atoms with Crippen LogP contribution in [0.15, 0.2) is 97.3 Å². The third-order valence-corrected chi connectivity index (χ3v) is 5.81. The zero-order valence-electron chi connectivity index (χ0n) is 18.9. The third-order valence-electron chi connectivity index (χ3n) is 5.81. The highest BCUT2D eigenvalue weighted by atomic mass is 16.5. The molecular formula is C28H27N3O3. The first kappa shape index (κ1) is 23.2. The Morgan fingerprint density at radius 1 is 0.971 bits per heavy atom. The fraction of sp³-hybridized carbons (Fsp3) is 0.143. The molecule has 0 saturated carbocycles. The van der Waals surface area contributed by atoms with E-state index in [0.29, 0.717) is 17.0 Å². The van der Waals surface area contributed by atoms with Gasteiger partial charge in [0.15, 0.2) is 0 Å². The minimum absolute atomic E-state index is 0.139. The van der Waals surface area contributed by atoms with E-state index in [9.17, 15) is 9.90 Å². The van der Waals surface area contributed by atoms with Gasteiger partial charge in [0, 0.05) is 41.2 Å². The average molecular weight is 454 g/mol. The molecule has 6 nitrogen and oxygen atoms in total. The number of aliphatic hydroxyl groups excluding tert-OH is 1. The van der Waals surface area contributed by atoms with Crippen molar-refractivity contribution in [2.24, 2.45) is 5.73 Å². The van der Waals surface area contributed by atoms with E-state index in [-0.39, 0.29) is 18.4 Å². The number of carbonyl (C=O) groups is 1. The molecule has 0 bridgehead atoms. The Balaban J connectivity index is 1.61. The number of nitrogens with two attached hydrogens (primary N) is 1. The second-order valence-electron chi connectivity index (χ2n) is 7.92. The summed E-state index contributed by atoms with van der Waals surface area (Å²) in [4.78, 5) is 17.3. The fourth-order valence-electron chi connectivity index (χ4n) is 4.11. The Morgan fingerprint density at radius 3 is 2.21 bits per heavy atom. The average Bonchev–Trinajstić information content (AvgIpc) is 2.90. The molecule has 1 amide bonds. The molecule has 0 fully saturated rings. The van der Waals surface area contributed by atoms with Crippen LogP contribution in [0.1, 0.15) is 22.6 Å². The summed E-state index contributed by atoms with van der Waals surface area (Å²) in [7, 11) is 1.57. The molecule has 1 unspecified atom stereocenters. The number of carbonyl (C=O) groups excluding carboxylic acids is 1. The van der Waals surface area contributed by atoms with Gasteiger partial charge in [-0.1, -0.05) is 60.7 Å². The normalized spacial score (nSPS) is 11.8. The number of nitrogens with one attached hydrogen (secondary N) is 1. The SMILES string of the molecule is COc1cc(NC(=O)C(N)C(c2ccccc2)c2ccccc2)ccc1-c1ccncc1CO. The standard InChI is InChI=1S/C28H27N3O3/c1-34-25-16-22(12-13-24(25)23-14-15-30-17-21(23)18-32)31-28(33)27(29)26(19-8-4-2-5-9-19)20-10-6-3-7-11-20/h2-17,26-27,32H,18,29H2,1H3,(H,31,33). The quantitative estimate of drug-likeness (QED) is 0.369. The van der Waals surface area contributed by atoms with Crippen LogP contribution in [0.4, 0.5) is 5.69 Å². The smallest absolute Gasteiger partial charge is 0.242 e. The predicted octanol–water partition coefficient (Wildman–Crippen LogP) is 4.35. The van der Waals surface area contributed by atoms with Crippen LogP contribution in [0.3, 0.4) is 0 Å². The number of nitrogens with zero attached hydrogens (tertiary/aromatic N) is 1. The van der Waals surface area contributed by atoms with Gasteiger partial charge in [0.2, 0.25) is 5.91 Å². The Morgan fingerprint density at radius 2 is 1.62 bits per heavy atom. The van der Waals surface area contributed by atoms with E-state index in [2.05, 4.69) is 10.3 Å². The number of methoxy groups -OCH3 is 1. The molecule has 172 valence electrons. The first-order valence-corrected chi connectivity index (χ1v) is 11.0. The van der Waals surface area contributed by atoms with Crippen LogP contribution in [0.25, 0.3) is 11.1 Å². The molecule has 34 heavy (non-hydrogen) atoms. The molecule has 3 aromatic carbocycles. The summed E-state index contributed by atoms with van der Waals surface area (Å²) in [5.74, 6) is -0.0325. The number of hydrogen-bond donors (Lipinski definition) is 3. The number of hydrogen-bond acceptors (Lipinski definition) is 5. The summed E-state index contributed by atoms with van der Waals surface area (Å²) in [5.41, 5.74) is 11.3. The van der Waals surface area contributed by atoms with Gasteiger partial charge < -0.3 is 20.9 Å². The Labute approximate surface area is 199 Å². The molecular weight excluding hydrogens is 426 g/mol. The van der Waals surface area contributed by atoms with Crippen molar-refractivity contribution in [1.82, 2.24) is 4.98 Å². The van der Waals surface area contributed by atoms with Crippen molar-refractivity contribution in [2.45, 2.75) is 18.6 Å². The highest BCUT2D eigenvalue weighted by molar-refractivity contribution is 5.96. The lowest BCUT2D eigenvalue weighted by molar-refractivity contribution is -0.117. The monoisotopic (exact) mass is 453 g/mol. The number of benzene rings is 3. The van der Waals surface area contributed by atoms with Crippen LogP contribution in [0, 0.1) is 0 Å². The van der Waals surface area contributed by atoms with Crippen LogP contribution in [0.5, 0.6) is 5.75 Å². The molecule has 0 saturated heterocycles. The van der Waals surface area contributed by atoms with Crippen molar-refractivity contribution in [2.75, 3.05) is 12.4 Å². The number of anilines is 1. The van der Waals surface area contributed by atoms with Crippen molar-refractivity contribution in [1.29, 1.82) is 0 Å². The number of aromatic nitrogens is 1. The maximum Gasteiger partial charge on any atom is 0.242 e. The van der Waals surface area contributed by atoms with E-state index in [4.69, 9.17) is 10.5 Å². The number of aliphatic hydroxyl groups is 1. The molecule has 0 aliphatic heterocycles. The minimum atomic E-state index is -0.809. The fourth-order valence-corrected chi connectivity index (χ4v) is 4.11. The summed E-state index contributed by atoms with van der Waals surface area (Å²) in [6.07, 6.45) is 3.28. The van der Waals surface area contributed by atoms with Gasteiger partial charge in [-0.15, -0.1) is 0 Å². The van der Waals surface area contributed by atoms with E-state index in [1.807, 2.05) is 72.8 Å². The van der Waals surface area contributed by atoms with Crippen LogP contribution >= 0.6 is 0 Å². The second-order valence-corrected chi connectivity index (χ2v) is 7.92. The van der Waals surface area contributed by atoms with Crippen LogP contribution in [0.2, 0.25) is 0 Å². The third kappa shape index (κ3) is 4.98. The molecule has 1 atom stereocenters. The Bertz CT molecular complexity index is 1210. The number of rotatable bonds is 8. The predicted molar refractivity (Wildman–Crippen MR) is 133 cm³/mol. The lowest BCUT2D eigenvalue weighted by Gasteiger charge is -2.24. The highest BCUT2D eigenvalue weighted by Crippen LogP contribution is 2.35. The molecule has 0 aliphatic carbocycles. The van der Waals surface area contributed by atoms with Crippen LogP contribution in [-0.2, 0) is 11.4 Å². The van der Waals surface area contributed by atoms with Gasteiger partial charge in [-0.3, -0.25) is 9.78 Å². The topological polar surface area (TPSA) is 97.5 Å². The molecule has 4 aromatic rings. The summed E-state index contributed by atoms with van der Waals surface area (Å²) >= 11 is 0. The van der Waals surface area contributed by atoms with E-state index in [0.717, 1.165) is 22.3 Å². The largest absolute Gasteiger partial charge is 0.496 e. The maximum atomic E-state index is 13.2. The lowest BCUT2D eigenvalue weighted by Crippen LogP contribution is -2.41. The van der Waals surface area contributed by atoms with Gasteiger partial charge >= 0.3 is 0 Å². The van der Waals surface area contributed by atoms with Gasteiger partial charge in [0.25, 0.3) is 0 Å². The zero-order valence-corrected chi connectivity index (χ0v) is 18.9. The van der Waals surface area contributed by atoms with Crippen molar-refractivity contribution in [3.63, 3.8) is 0 Å². The van der Waals surface area contributed by atoms with Crippen molar-refractivity contribution < 1.29 is 14.6 Å². The van der Waals surface area contributed by atoms with E-state index >= 15 is 0 Å². The minimum Gasteiger partial charge on any atom is -0.496 e. The number of ether oxygens (including phenoxy) is 1. The Hall–Kier alpha value is -4.00.